The Kier molecular flexibility index (Phi) is 6.34. The van der Waals surface area contributed by atoms with E-state index in [-0.39, 0.29) is 5.91 Å². The van der Waals surface area contributed by atoms with Crippen molar-refractivity contribution in [1.29, 1.82) is 0 Å². The summed E-state index contributed by atoms with van der Waals surface area (Å²) in [7, 11) is 0. The highest BCUT2D eigenvalue weighted by atomic mass is 35.5. The van der Waals surface area contributed by atoms with Gasteiger partial charge >= 0.3 is 0 Å². The zero-order chi connectivity index (χ0) is 21.6. The van der Waals surface area contributed by atoms with Gasteiger partial charge < -0.3 is 15.2 Å². The highest BCUT2D eigenvalue weighted by Gasteiger charge is 2.12. The van der Waals surface area contributed by atoms with Crippen molar-refractivity contribution >= 4 is 28.9 Å². The monoisotopic (exact) mass is 430 g/mol. The number of hydrogen-bond acceptors (Lipinski definition) is 3. The summed E-state index contributed by atoms with van der Waals surface area (Å²) in [5.74, 6) is -0.161. The largest absolute Gasteiger partial charge is 0.383 e. The summed E-state index contributed by atoms with van der Waals surface area (Å²) in [4.78, 5) is 17.2. The number of hydrogen-bond donors (Lipinski definition) is 2. The molecule has 0 aliphatic rings. The number of benzene rings is 2. The molecule has 0 fully saturated rings. The predicted octanol–water partition coefficient (Wildman–Crippen LogP) is 5.88. The standard InChI is InChI=1S/C25H23ClN4O/c1-18-16-19(27-12-15-30-13-4-5-14-30)7-9-21(18)25(31)29-20-8-10-23(26)22(17-20)24-6-2-3-11-28-24/h2-11,13-14,16-17,27H,12,15H2,1H3,(H,29,31). The number of aromatic nitrogens is 2. The van der Waals surface area contributed by atoms with Gasteiger partial charge in [-0.1, -0.05) is 17.7 Å². The lowest BCUT2D eigenvalue weighted by atomic mass is 10.1. The quantitative estimate of drug-likeness (QED) is 0.385. The van der Waals surface area contributed by atoms with Gasteiger partial charge in [-0.3, -0.25) is 9.78 Å². The number of aryl methyl sites for hydroxylation is 1. The molecule has 2 aromatic carbocycles. The smallest absolute Gasteiger partial charge is 0.255 e. The second-order valence-electron chi connectivity index (χ2n) is 7.24. The average molecular weight is 431 g/mol. The number of pyridine rings is 1. The molecule has 2 heterocycles. The normalized spacial score (nSPS) is 10.6. The van der Waals surface area contributed by atoms with E-state index in [2.05, 4.69) is 20.2 Å². The van der Waals surface area contributed by atoms with E-state index >= 15 is 0 Å². The highest BCUT2D eigenvalue weighted by Crippen LogP contribution is 2.29. The number of anilines is 2. The molecule has 0 saturated heterocycles. The van der Waals surface area contributed by atoms with Crippen LogP contribution in [0.3, 0.4) is 0 Å². The first-order valence-electron chi connectivity index (χ1n) is 10.1. The molecular formula is C25H23ClN4O. The fourth-order valence-electron chi connectivity index (χ4n) is 3.40. The van der Waals surface area contributed by atoms with Gasteiger partial charge in [0.05, 0.1) is 10.7 Å². The molecule has 0 spiro atoms. The van der Waals surface area contributed by atoms with Gasteiger partial charge in [-0.2, -0.15) is 0 Å². The van der Waals surface area contributed by atoms with E-state index in [9.17, 15) is 4.79 Å². The van der Waals surface area contributed by atoms with Crippen LogP contribution in [0.4, 0.5) is 11.4 Å². The van der Waals surface area contributed by atoms with E-state index in [1.807, 2.05) is 73.9 Å². The number of rotatable bonds is 7. The lowest BCUT2D eigenvalue weighted by molar-refractivity contribution is 0.102. The van der Waals surface area contributed by atoms with Crippen LogP contribution in [0.1, 0.15) is 15.9 Å². The number of carbonyl (C=O) groups is 1. The number of amides is 1. The molecule has 0 saturated carbocycles. The van der Waals surface area contributed by atoms with Crippen LogP contribution in [0.5, 0.6) is 0 Å². The molecule has 4 aromatic rings. The molecule has 4 rings (SSSR count). The molecule has 0 bridgehead atoms. The van der Waals surface area contributed by atoms with E-state index in [1.165, 1.54) is 0 Å². The van der Waals surface area contributed by atoms with E-state index in [4.69, 9.17) is 11.6 Å². The average Bonchev–Trinajstić information content (AvgIpc) is 3.29. The second-order valence-corrected chi connectivity index (χ2v) is 7.65. The highest BCUT2D eigenvalue weighted by molar-refractivity contribution is 6.33. The van der Waals surface area contributed by atoms with Crippen LogP contribution in [0, 0.1) is 6.92 Å². The van der Waals surface area contributed by atoms with E-state index in [0.29, 0.717) is 16.3 Å². The van der Waals surface area contributed by atoms with Crippen molar-refractivity contribution in [1.82, 2.24) is 9.55 Å². The molecule has 0 atom stereocenters. The Bertz CT molecular complexity index is 1170. The van der Waals surface area contributed by atoms with Crippen LogP contribution < -0.4 is 10.6 Å². The summed E-state index contributed by atoms with van der Waals surface area (Å²) in [5, 5.41) is 6.95. The first-order chi connectivity index (χ1) is 15.1. The van der Waals surface area contributed by atoms with Crippen LogP contribution in [0.15, 0.2) is 85.3 Å². The molecule has 6 heteroatoms. The Morgan fingerprint density at radius 1 is 1.00 bits per heavy atom. The van der Waals surface area contributed by atoms with Crippen molar-refractivity contribution < 1.29 is 4.79 Å². The van der Waals surface area contributed by atoms with Crippen LogP contribution in [0.2, 0.25) is 5.02 Å². The van der Waals surface area contributed by atoms with Crippen molar-refractivity contribution in [2.75, 3.05) is 17.2 Å². The van der Waals surface area contributed by atoms with Gasteiger partial charge in [0, 0.05) is 54.2 Å². The molecule has 2 aromatic heterocycles. The molecule has 5 nitrogen and oxygen atoms in total. The topological polar surface area (TPSA) is 59.0 Å². The molecule has 1 amide bonds. The van der Waals surface area contributed by atoms with Crippen molar-refractivity contribution in [3.05, 3.63) is 101 Å². The van der Waals surface area contributed by atoms with Gasteiger partial charge in [-0.05, 0) is 73.2 Å². The van der Waals surface area contributed by atoms with Gasteiger partial charge in [-0.15, -0.1) is 0 Å². The lowest BCUT2D eigenvalue weighted by Crippen LogP contribution is -2.14. The first-order valence-corrected chi connectivity index (χ1v) is 10.5. The predicted molar refractivity (Wildman–Crippen MR) is 127 cm³/mol. The van der Waals surface area contributed by atoms with Crippen molar-refractivity contribution in [2.45, 2.75) is 13.5 Å². The SMILES string of the molecule is Cc1cc(NCCn2cccc2)ccc1C(=O)Nc1ccc(Cl)c(-c2ccccn2)c1. The Morgan fingerprint density at radius 2 is 1.81 bits per heavy atom. The maximum absolute atomic E-state index is 12.9. The molecule has 31 heavy (non-hydrogen) atoms. The number of halogens is 1. The van der Waals surface area contributed by atoms with Gasteiger partial charge in [-0.25, -0.2) is 0 Å². The van der Waals surface area contributed by atoms with Crippen LogP contribution in [-0.4, -0.2) is 22.0 Å². The Labute approximate surface area is 186 Å². The number of carbonyl (C=O) groups excluding carboxylic acids is 1. The van der Waals surface area contributed by atoms with Crippen LogP contribution in [0.25, 0.3) is 11.3 Å². The summed E-state index contributed by atoms with van der Waals surface area (Å²) < 4.78 is 2.12. The van der Waals surface area contributed by atoms with E-state index in [1.54, 1.807) is 18.3 Å². The molecule has 0 aliphatic heterocycles. The minimum atomic E-state index is -0.161. The Balaban J connectivity index is 1.44. The molecule has 0 unspecified atom stereocenters. The minimum absolute atomic E-state index is 0.161. The molecule has 156 valence electrons. The maximum atomic E-state index is 12.9. The molecular weight excluding hydrogens is 408 g/mol. The van der Waals surface area contributed by atoms with Gasteiger partial charge in [0.15, 0.2) is 0 Å². The van der Waals surface area contributed by atoms with Crippen molar-refractivity contribution in [3.63, 3.8) is 0 Å². The summed E-state index contributed by atoms with van der Waals surface area (Å²) in [5.41, 5.74) is 4.73. The molecule has 2 N–H and O–H groups in total. The number of nitrogens with one attached hydrogen (secondary N) is 2. The van der Waals surface area contributed by atoms with Crippen LogP contribution >= 0.6 is 11.6 Å². The third-order valence-electron chi connectivity index (χ3n) is 5.00. The fourth-order valence-corrected chi connectivity index (χ4v) is 3.61. The Hall–Kier alpha value is -3.57. The summed E-state index contributed by atoms with van der Waals surface area (Å²) >= 11 is 6.34. The van der Waals surface area contributed by atoms with Gasteiger partial charge in [0.25, 0.3) is 5.91 Å². The zero-order valence-corrected chi connectivity index (χ0v) is 17.9. The van der Waals surface area contributed by atoms with Gasteiger partial charge in [0.2, 0.25) is 0 Å². The van der Waals surface area contributed by atoms with E-state index in [0.717, 1.165) is 35.6 Å². The maximum Gasteiger partial charge on any atom is 0.255 e. The Morgan fingerprint density at radius 3 is 2.55 bits per heavy atom. The summed E-state index contributed by atoms with van der Waals surface area (Å²) in [6.07, 6.45) is 5.79. The van der Waals surface area contributed by atoms with Crippen molar-refractivity contribution in [2.24, 2.45) is 0 Å². The van der Waals surface area contributed by atoms with E-state index < -0.39 is 0 Å². The third kappa shape index (κ3) is 5.13. The summed E-state index contributed by atoms with van der Waals surface area (Å²) in [6.45, 7) is 3.62. The number of nitrogens with zero attached hydrogens (tertiary/aromatic N) is 2. The minimum Gasteiger partial charge on any atom is -0.383 e. The second kappa shape index (κ2) is 9.49. The fraction of sp³-hybridized carbons (Fsp3) is 0.120. The first kappa shape index (κ1) is 20.7. The van der Waals surface area contributed by atoms with Gasteiger partial charge in [0.1, 0.15) is 0 Å². The molecule has 0 aliphatic carbocycles. The molecule has 0 radical (unpaired) electrons. The van der Waals surface area contributed by atoms with Crippen molar-refractivity contribution in [3.8, 4) is 11.3 Å². The summed E-state index contributed by atoms with van der Waals surface area (Å²) in [6, 6.07) is 20.8. The zero-order valence-electron chi connectivity index (χ0n) is 17.2. The van der Waals surface area contributed by atoms with Crippen LogP contribution in [-0.2, 0) is 6.54 Å². The third-order valence-corrected chi connectivity index (χ3v) is 5.33. The lowest BCUT2D eigenvalue weighted by Gasteiger charge is -2.12.